The predicted molar refractivity (Wildman–Crippen MR) is 83.5 cm³/mol. The smallest absolute Gasteiger partial charge is 0.317 e. The number of rotatable bonds is 8. The fourth-order valence-electron chi connectivity index (χ4n) is 2.10. The zero-order valence-electron chi connectivity index (χ0n) is 12.9. The summed E-state index contributed by atoms with van der Waals surface area (Å²) in [5.74, 6) is -0.714. The van der Waals surface area contributed by atoms with E-state index < -0.39 is 5.97 Å². The Labute approximate surface area is 126 Å². The van der Waals surface area contributed by atoms with Crippen LogP contribution < -0.4 is 5.32 Å². The van der Waals surface area contributed by atoms with Gasteiger partial charge in [0.15, 0.2) is 0 Å². The molecule has 5 heteroatoms. The highest BCUT2D eigenvalue weighted by molar-refractivity contribution is 5.92. The van der Waals surface area contributed by atoms with Gasteiger partial charge in [0, 0.05) is 5.69 Å². The Morgan fingerprint density at radius 3 is 2.57 bits per heavy atom. The molecule has 116 valence electrons. The lowest BCUT2D eigenvalue weighted by molar-refractivity contribution is -0.138. The molecule has 5 nitrogen and oxygen atoms in total. The van der Waals surface area contributed by atoms with E-state index in [1.165, 1.54) is 0 Å². The van der Waals surface area contributed by atoms with Crippen LogP contribution in [0.5, 0.6) is 0 Å². The molecular formula is C16H24N2O3. The summed E-state index contributed by atoms with van der Waals surface area (Å²) in [4.78, 5) is 24.4. The van der Waals surface area contributed by atoms with E-state index in [-0.39, 0.29) is 19.0 Å². The first-order valence-corrected chi connectivity index (χ1v) is 7.26. The summed E-state index contributed by atoms with van der Waals surface area (Å²) in [7, 11) is 0. The van der Waals surface area contributed by atoms with Crippen molar-refractivity contribution < 1.29 is 14.7 Å². The zero-order chi connectivity index (χ0) is 15.8. The Bertz CT molecular complexity index is 486. The van der Waals surface area contributed by atoms with Crippen molar-refractivity contribution >= 4 is 17.6 Å². The van der Waals surface area contributed by atoms with E-state index in [4.69, 9.17) is 5.11 Å². The molecule has 0 bridgehead atoms. The number of aliphatic carboxylic acids is 1. The average molecular weight is 292 g/mol. The highest BCUT2D eigenvalue weighted by atomic mass is 16.4. The van der Waals surface area contributed by atoms with Crippen molar-refractivity contribution in [2.45, 2.75) is 33.1 Å². The van der Waals surface area contributed by atoms with Gasteiger partial charge in [0.05, 0.1) is 13.1 Å². The Morgan fingerprint density at radius 2 is 2.00 bits per heavy atom. The first-order valence-electron chi connectivity index (χ1n) is 7.26. The van der Waals surface area contributed by atoms with Crippen molar-refractivity contribution in [1.82, 2.24) is 4.90 Å². The molecule has 0 saturated carbocycles. The second-order valence-corrected chi connectivity index (χ2v) is 5.43. The lowest BCUT2D eigenvalue weighted by Crippen LogP contribution is -2.37. The minimum atomic E-state index is -0.918. The molecule has 0 radical (unpaired) electrons. The van der Waals surface area contributed by atoms with Gasteiger partial charge in [0.1, 0.15) is 0 Å². The summed E-state index contributed by atoms with van der Waals surface area (Å²) in [5, 5.41) is 11.7. The maximum Gasteiger partial charge on any atom is 0.317 e. The van der Waals surface area contributed by atoms with Gasteiger partial charge in [-0.2, -0.15) is 0 Å². The lowest BCUT2D eigenvalue weighted by Gasteiger charge is -2.19. The summed E-state index contributed by atoms with van der Waals surface area (Å²) in [6.45, 7) is 6.71. The van der Waals surface area contributed by atoms with Crippen molar-refractivity contribution in [3.8, 4) is 0 Å². The second kappa shape index (κ2) is 8.42. The number of hydrogen-bond acceptors (Lipinski definition) is 3. The fraction of sp³-hybridized carbons (Fsp3) is 0.500. The van der Waals surface area contributed by atoms with Gasteiger partial charge in [-0.3, -0.25) is 14.5 Å². The van der Waals surface area contributed by atoms with Gasteiger partial charge in [-0.1, -0.05) is 32.9 Å². The van der Waals surface area contributed by atoms with Gasteiger partial charge < -0.3 is 10.4 Å². The molecule has 1 aromatic rings. The number of carbonyl (C=O) groups is 2. The van der Waals surface area contributed by atoms with Gasteiger partial charge in [-0.15, -0.1) is 0 Å². The summed E-state index contributed by atoms with van der Waals surface area (Å²) in [6.07, 6.45) is 0.809. The first-order chi connectivity index (χ1) is 9.92. The second-order valence-electron chi connectivity index (χ2n) is 5.43. The molecule has 0 unspecified atom stereocenters. The molecule has 0 atom stereocenters. The summed E-state index contributed by atoms with van der Waals surface area (Å²) in [6, 6.07) is 7.72. The monoisotopic (exact) mass is 292 g/mol. The highest BCUT2D eigenvalue weighted by Crippen LogP contribution is 2.18. The van der Waals surface area contributed by atoms with Crippen LogP contribution in [-0.2, 0) is 9.59 Å². The average Bonchev–Trinajstić information content (AvgIpc) is 2.38. The van der Waals surface area contributed by atoms with Crippen molar-refractivity contribution in [3.05, 3.63) is 29.8 Å². The van der Waals surface area contributed by atoms with E-state index in [0.29, 0.717) is 12.5 Å². The van der Waals surface area contributed by atoms with Crippen LogP contribution in [0.3, 0.4) is 0 Å². The van der Waals surface area contributed by atoms with E-state index in [1.54, 1.807) is 4.90 Å². The predicted octanol–water partition coefficient (Wildman–Crippen LogP) is 2.55. The Hall–Kier alpha value is -1.88. The third-order valence-electron chi connectivity index (χ3n) is 3.10. The fourth-order valence-corrected chi connectivity index (χ4v) is 2.10. The van der Waals surface area contributed by atoms with E-state index >= 15 is 0 Å². The molecule has 0 fully saturated rings. The van der Waals surface area contributed by atoms with Crippen molar-refractivity contribution in [2.75, 3.05) is 25.0 Å². The molecule has 1 amide bonds. The molecule has 0 aromatic heterocycles. The van der Waals surface area contributed by atoms with Crippen LogP contribution in [-0.4, -0.2) is 41.5 Å². The maximum absolute atomic E-state index is 12.0. The molecule has 0 saturated heterocycles. The van der Waals surface area contributed by atoms with Crippen molar-refractivity contribution in [3.63, 3.8) is 0 Å². The number of amides is 1. The van der Waals surface area contributed by atoms with E-state index in [9.17, 15) is 9.59 Å². The molecule has 0 aliphatic rings. The van der Waals surface area contributed by atoms with Crippen LogP contribution in [0, 0.1) is 0 Å². The molecule has 0 aliphatic carbocycles. The molecule has 0 aliphatic heterocycles. The van der Waals surface area contributed by atoms with Gasteiger partial charge >= 0.3 is 5.97 Å². The number of nitrogens with zero attached hydrogens (tertiary/aromatic N) is 1. The van der Waals surface area contributed by atoms with Gasteiger partial charge in [0.25, 0.3) is 0 Å². The largest absolute Gasteiger partial charge is 0.480 e. The minimum absolute atomic E-state index is 0.0893. The third-order valence-corrected chi connectivity index (χ3v) is 3.10. The van der Waals surface area contributed by atoms with Crippen LogP contribution in [0.2, 0.25) is 0 Å². The molecule has 1 aromatic carbocycles. The van der Waals surface area contributed by atoms with Crippen LogP contribution in [0.1, 0.15) is 38.7 Å². The number of carboxylic acid groups (broad SMARTS) is 1. The standard InChI is InChI=1S/C16H24N2O3/c1-4-8-18(11-16(20)21)10-15(19)17-14-7-5-6-13(9-14)12(2)3/h5-7,9,12H,4,8,10-11H2,1-3H3,(H,17,19)(H,20,21). The van der Waals surface area contributed by atoms with Crippen LogP contribution in [0.25, 0.3) is 0 Å². The number of hydrogen-bond donors (Lipinski definition) is 2. The van der Waals surface area contributed by atoms with Crippen LogP contribution >= 0.6 is 0 Å². The number of nitrogens with one attached hydrogen (secondary N) is 1. The van der Waals surface area contributed by atoms with E-state index in [2.05, 4.69) is 19.2 Å². The van der Waals surface area contributed by atoms with E-state index in [0.717, 1.165) is 17.7 Å². The Kier molecular flexibility index (Phi) is 6.88. The van der Waals surface area contributed by atoms with Crippen LogP contribution in [0.4, 0.5) is 5.69 Å². The molecule has 1 rings (SSSR count). The number of benzene rings is 1. The SMILES string of the molecule is CCCN(CC(=O)O)CC(=O)Nc1cccc(C(C)C)c1. The number of anilines is 1. The molecule has 0 heterocycles. The summed E-state index contributed by atoms with van der Waals surface area (Å²) < 4.78 is 0. The summed E-state index contributed by atoms with van der Waals surface area (Å²) >= 11 is 0. The number of carboxylic acids is 1. The third kappa shape index (κ3) is 6.40. The molecule has 2 N–H and O–H groups in total. The lowest BCUT2D eigenvalue weighted by atomic mass is 10.0. The van der Waals surface area contributed by atoms with Crippen molar-refractivity contribution in [1.29, 1.82) is 0 Å². The molecular weight excluding hydrogens is 268 g/mol. The zero-order valence-corrected chi connectivity index (χ0v) is 12.9. The van der Waals surface area contributed by atoms with Crippen LogP contribution in [0.15, 0.2) is 24.3 Å². The quantitative estimate of drug-likeness (QED) is 0.772. The normalized spacial score (nSPS) is 10.9. The minimum Gasteiger partial charge on any atom is -0.480 e. The topological polar surface area (TPSA) is 69.6 Å². The Morgan fingerprint density at radius 1 is 1.29 bits per heavy atom. The molecule has 21 heavy (non-hydrogen) atoms. The van der Waals surface area contributed by atoms with Crippen molar-refractivity contribution in [2.24, 2.45) is 0 Å². The number of carbonyl (C=O) groups excluding carboxylic acids is 1. The first kappa shape index (κ1) is 17.2. The van der Waals surface area contributed by atoms with E-state index in [1.807, 2.05) is 31.2 Å². The van der Waals surface area contributed by atoms with Gasteiger partial charge in [-0.25, -0.2) is 0 Å². The summed E-state index contributed by atoms with van der Waals surface area (Å²) in [5.41, 5.74) is 1.90. The van der Waals surface area contributed by atoms with Gasteiger partial charge in [-0.05, 0) is 36.6 Å². The maximum atomic E-state index is 12.0. The molecule has 0 spiro atoms. The Balaban J connectivity index is 2.63. The van der Waals surface area contributed by atoms with Gasteiger partial charge in [0.2, 0.25) is 5.91 Å². The highest BCUT2D eigenvalue weighted by Gasteiger charge is 2.13.